The van der Waals surface area contributed by atoms with Gasteiger partial charge in [-0.1, -0.05) is 6.07 Å². The van der Waals surface area contributed by atoms with Gasteiger partial charge in [-0.05, 0) is 30.7 Å². The van der Waals surface area contributed by atoms with Gasteiger partial charge >= 0.3 is 0 Å². The van der Waals surface area contributed by atoms with E-state index in [1.165, 1.54) is 0 Å². The Labute approximate surface area is 117 Å². The molecule has 1 saturated heterocycles. The summed E-state index contributed by atoms with van der Waals surface area (Å²) in [4.78, 5) is 18.6. The fraction of sp³-hybridized carbons (Fsp3) is 0.333. The van der Waals surface area contributed by atoms with E-state index in [-0.39, 0.29) is 11.9 Å². The molecule has 0 bridgehead atoms. The van der Waals surface area contributed by atoms with Crippen molar-refractivity contribution >= 4 is 5.91 Å². The van der Waals surface area contributed by atoms with Crippen LogP contribution >= 0.6 is 0 Å². The number of aromatic nitrogens is 1. The van der Waals surface area contributed by atoms with Crippen molar-refractivity contribution < 1.29 is 9.21 Å². The van der Waals surface area contributed by atoms with Gasteiger partial charge in [0.2, 0.25) is 0 Å². The molecule has 5 heteroatoms. The van der Waals surface area contributed by atoms with E-state index < -0.39 is 0 Å². The second kappa shape index (κ2) is 5.46. The summed E-state index contributed by atoms with van der Waals surface area (Å²) >= 11 is 0. The number of furan rings is 1. The number of hydrogen-bond donors (Lipinski definition) is 1. The van der Waals surface area contributed by atoms with Gasteiger partial charge in [0.1, 0.15) is 5.76 Å². The molecule has 0 aliphatic carbocycles. The highest BCUT2D eigenvalue weighted by Crippen LogP contribution is 2.24. The van der Waals surface area contributed by atoms with Crippen LogP contribution in [0.25, 0.3) is 0 Å². The molecule has 104 valence electrons. The topological polar surface area (TPSA) is 58.4 Å². The lowest BCUT2D eigenvalue weighted by atomic mass is 10.1. The molecule has 20 heavy (non-hydrogen) atoms. The number of hydrogen-bond acceptors (Lipinski definition) is 4. The summed E-state index contributed by atoms with van der Waals surface area (Å²) in [6.07, 6.45) is 3.55. The molecule has 1 aliphatic rings. The minimum atomic E-state index is -0.0616. The van der Waals surface area contributed by atoms with Crippen molar-refractivity contribution in [3.05, 3.63) is 53.7 Å². The number of piperazine rings is 1. The van der Waals surface area contributed by atoms with Crippen LogP contribution in [0.4, 0.5) is 0 Å². The normalized spacial score (nSPS) is 19.1. The highest BCUT2D eigenvalue weighted by Gasteiger charge is 2.30. The number of carbonyl (C=O) groups is 1. The Morgan fingerprint density at radius 1 is 1.45 bits per heavy atom. The van der Waals surface area contributed by atoms with Crippen molar-refractivity contribution in [1.82, 2.24) is 15.2 Å². The Kier molecular flexibility index (Phi) is 3.52. The van der Waals surface area contributed by atoms with E-state index in [0.717, 1.165) is 24.4 Å². The van der Waals surface area contributed by atoms with Crippen LogP contribution in [0.2, 0.25) is 0 Å². The molecule has 0 aromatic carbocycles. The molecule has 0 radical (unpaired) electrons. The smallest absolute Gasteiger partial charge is 0.290 e. The third-order valence-electron chi connectivity index (χ3n) is 3.52. The standard InChI is InChI=1S/C15H17N3O2/c1-11-4-5-14(20-11)15(19)18-8-7-17-10-13(18)12-3-2-6-16-9-12/h2-6,9,13,17H,7-8,10H2,1H3. The molecule has 1 N–H and O–H groups in total. The fourth-order valence-electron chi connectivity index (χ4n) is 2.51. The van der Waals surface area contributed by atoms with Gasteiger partial charge in [0.25, 0.3) is 5.91 Å². The average molecular weight is 271 g/mol. The second-order valence-electron chi connectivity index (χ2n) is 4.92. The molecule has 2 aromatic rings. The minimum absolute atomic E-state index is 0.00430. The van der Waals surface area contributed by atoms with Gasteiger partial charge in [-0.3, -0.25) is 9.78 Å². The summed E-state index contributed by atoms with van der Waals surface area (Å²) in [6, 6.07) is 7.44. The third-order valence-corrected chi connectivity index (χ3v) is 3.52. The first-order valence-electron chi connectivity index (χ1n) is 6.74. The predicted octanol–water partition coefficient (Wildman–Crippen LogP) is 1.77. The fourth-order valence-corrected chi connectivity index (χ4v) is 2.51. The highest BCUT2D eigenvalue weighted by molar-refractivity contribution is 5.92. The number of pyridine rings is 1. The lowest BCUT2D eigenvalue weighted by Gasteiger charge is -2.35. The van der Waals surface area contributed by atoms with Crippen molar-refractivity contribution in [3.8, 4) is 0 Å². The zero-order chi connectivity index (χ0) is 13.9. The van der Waals surface area contributed by atoms with Gasteiger partial charge in [-0.25, -0.2) is 0 Å². The largest absolute Gasteiger partial charge is 0.456 e. The van der Waals surface area contributed by atoms with Gasteiger partial charge < -0.3 is 14.6 Å². The van der Waals surface area contributed by atoms with Crippen molar-refractivity contribution in [2.75, 3.05) is 19.6 Å². The minimum Gasteiger partial charge on any atom is -0.456 e. The van der Waals surface area contributed by atoms with Gasteiger partial charge in [0.05, 0.1) is 6.04 Å². The van der Waals surface area contributed by atoms with Crippen LogP contribution in [0.3, 0.4) is 0 Å². The molecule has 1 unspecified atom stereocenters. The van der Waals surface area contributed by atoms with E-state index in [1.807, 2.05) is 36.2 Å². The predicted molar refractivity (Wildman–Crippen MR) is 74.3 cm³/mol. The molecule has 0 saturated carbocycles. The van der Waals surface area contributed by atoms with E-state index in [1.54, 1.807) is 12.3 Å². The molecule has 3 heterocycles. The van der Waals surface area contributed by atoms with E-state index in [2.05, 4.69) is 10.3 Å². The van der Waals surface area contributed by atoms with Crippen LogP contribution in [0, 0.1) is 6.92 Å². The van der Waals surface area contributed by atoms with E-state index in [0.29, 0.717) is 12.3 Å². The van der Waals surface area contributed by atoms with Crippen LogP contribution in [0.15, 0.2) is 41.1 Å². The first-order valence-corrected chi connectivity index (χ1v) is 6.74. The number of nitrogens with one attached hydrogen (secondary N) is 1. The highest BCUT2D eigenvalue weighted by atomic mass is 16.3. The monoisotopic (exact) mass is 271 g/mol. The summed E-state index contributed by atoms with van der Waals surface area (Å²) in [5.41, 5.74) is 1.04. The van der Waals surface area contributed by atoms with Crippen molar-refractivity contribution in [2.24, 2.45) is 0 Å². The van der Waals surface area contributed by atoms with E-state index in [9.17, 15) is 4.79 Å². The Balaban J connectivity index is 1.87. The summed E-state index contributed by atoms with van der Waals surface area (Å²) < 4.78 is 5.46. The lowest BCUT2D eigenvalue weighted by Crippen LogP contribution is -2.48. The molecule has 1 amide bonds. The zero-order valence-corrected chi connectivity index (χ0v) is 11.4. The summed E-state index contributed by atoms with van der Waals surface area (Å²) in [5.74, 6) is 1.09. The quantitative estimate of drug-likeness (QED) is 0.904. The Morgan fingerprint density at radius 2 is 2.35 bits per heavy atom. The van der Waals surface area contributed by atoms with Crippen molar-refractivity contribution in [2.45, 2.75) is 13.0 Å². The lowest BCUT2D eigenvalue weighted by molar-refractivity contribution is 0.0600. The maximum absolute atomic E-state index is 12.6. The van der Waals surface area contributed by atoms with Gasteiger partial charge in [0, 0.05) is 32.0 Å². The molecule has 5 nitrogen and oxygen atoms in total. The first-order chi connectivity index (χ1) is 9.75. The molecule has 1 fully saturated rings. The number of amides is 1. The Bertz CT molecular complexity index is 594. The second-order valence-corrected chi connectivity index (χ2v) is 4.92. The maximum atomic E-state index is 12.6. The molecule has 3 rings (SSSR count). The number of carbonyl (C=O) groups excluding carboxylic acids is 1. The Morgan fingerprint density at radius 3 is 3.05 bits per heavy atom. The molecule has 1 aliphatic heterocycles. The number of rotatable bonds is 2. The van der Waals surface area contributed by atoms with Crippen LogP contribution in [-0.4, -0.2) is 35.4 Å². The zero-order valence-electron chi connectivity index (χ0n) is 11.4. The van der Waals surface area contributed by atoms with Crippen LogP contribution in [0.5, 0.6) is 0 Å². The third kappa shape index (κ3) is 2.44. The van der Waals surface area contributed by atoms with Crippen LogP contribution < -0.4 is 5.32 Å². The molecule has 1 atom stereocenters. The molecular formula is C15H17N3O2. The summed E-state index contributed by atoms with van der Waals surface area (Å²) in [6.45, 7) is 4.03. The molecule has 2 aromatic heterocycles. The average Bonchev–Trinajstić information content (AvgIpc) is 2.94. The van der Waals surface area contributed by atoms with Crippen molar-refractivity contribution in [1.29, 1.82) is 0 Å². The van der Waals surface area contributed by atoms with Crippen molar-refractivity contribution in [3.63, 3.8) is 0 Å². The van der Waals surface area contributed by atoms with Crippen LogP contribution in [-0.2, 0) is 0 Å². The molecule has 0 spiro atoms. The first kappa shape index (κ1) is 12.9. The SMILES string of the molecule is Cc1ccc(C(=O)N2CCNCC2c2cccnc2)o1. The van der Waals surface area contributed by atoms with Gasteiger partial charge in [0.15, 0.2) is 5.76 Å². The van der Waals surface area contributed by atoms with Gasteiger partial charge in [-0.15, -0.1) is 0 Å². The summed E-state index contributed by atoms with van der Waals surface area (Å²) in [7, 11) is 0. The Hall–Kier alpha value is -2.14. The van der Waals surface area contributed by atoms with E-state index in [4.69, 9.17) is 4.42 Å². The van der Waals surface area contributed by atoms with Gasteiger partial charge in [-0.2, -0.15) is 0 Å². The van der Waals surface area contributed by atoms with Crippen LogP contribution in [0.1, 0.15) is 27.9 Å². The summed E-state index contributed by atoms with van der Waals surface area (Å²) in [5, 5.41) is 3.32. The number of nitrogens with zero attached hydrogens (tertiary/aromatic N) is 2. The molecular weight excluding hydrogens is 254 g/mol. The maximum Gasteiger partial charge on any atom is 0.290 e. The number of aryl methyl sites for hydroxylation is 1. The van der Waals surface area contributed by atoms with E-state index >= 15 is 0 Å².